The molecule has 0 aliphatic carbocycles. The highest BCUT2D eigenvalue weighted by molar-refractivity contribution is 7.13. The van der Waals surface area contributed by atoms with Crippen LogP contribution in [0.2, 0.25) is 0 Å². The lowest BCUT2D eigenvalue weighted by Crippen LogP contribution is -2.47. The number of anilines is 2. The standard InChI is InChI=1S/C15H15N3O3S/c1-9-8-22-15(16-9)17-13(19)7-18-11-5-3-4-6-12(11)21-10(2)14(18)20/h3-6,8,10H,7H2,1-2H3,(H,16,17,19). The first-order chi connectivity index (χ1) is 10.5. The third-order valence-electron chi connectivity index (χ3n) is 3.24. The number of carbonyl (C=O) groups excluding carboxylic acids is 2. The largest absolute Gasteiger partial charge is 0.479 e. The summed E-state index contributed by atoms with van der Waals surface area (Å²) in [4.78, 5) is 30.1. The fourth-order valence-electron chi connectivity index (χ4n) is 2.24. The molecule has 7 heteroatoms. The molecule has 1 aliphatic heterocycles. The Bertz CT molecular complexity index is 728. The van der Waals surface area contributed by atoms with E-state index < -0.39 is 6.10 Å². The van der Waals surface area contributed by atoms with Crippen LogP contribution in [0.15, 0.2) is 29.6 Å². The number of rotatable bonds is 3. The number of amides is 2. The first-order valence-electron chi connectivity index (χ1n) is 6.83. The predicted octanol–water partition coefficient (Wildman–Crippen LogP) is 2.20. The Kier molecular flexibility index (Phi) is 3.81. The lowest BCUT2D eigenvalue weighted by atomic mass is 10.2. The summed E-state index contributed by atoms with van der Waals surface area (Å²) in [5.74, 6) is 0.0864. The van der Waals surface area contributed by atoms with E-state index in [1.165, 1.54) is 16.2 Å². The fraction of sp³-hybridized carbons (Fsp3) is 0.267. The van der Waals surface area contributed by atoms with Crippen molar-refractivity contribution in [3.05, 3.63) is 35.3 Å². The summed E-state index contributed by atoms with van der Waals surface area (Å²) >= 11 is 1.36. The van der Waals surface area contributed by atoms with Crippen LogP contribution in [0.25, 0.3) is 0 Å². The molecule has 1 unspecified atom stereocenters. The summed E-state index contributed by atoms with van der Waals surface area (Å²) in [5.41, 5.74) is 1.46. The third-order valence-corrected chi connectivity index (χ3v) is 4.12. The molecule has 3 rings (SSSR count). The molecule has 22 heavy (non-hydrogen) atoms. The maximum absolute atomic E-state index is 12.3. The molecule has 2 heterocycles. The smallest absolute Gasteiger partial charge is 0.268 e. The molecule has 114 valence electrons. The van der Waals surface area contributed by atoms with Gasteiger partial charge in [-0.3, -0.25) is 14.5 Å². The normalized spacial score (nSPS) is 16.9. The second-order valence-corrected chi connectivity index (χ2v) is 5.85. The van der Waals surface area contributed by atoms with E-state index in [0.717, 1.165) is 5.69 Å². The molecule has 1 N–H and O–H groups in total. The van der Waals surface area contributed by atoms with E-state index in [-0.39, 0.29) is 18.4 Å². The summed E-state index contributed by atoms with van der Waals surface area (Å²) < 4.78 is 5.54. The molecule has 0 spiro atoms. The number of carbonyl (C=O) groups is 2. The Morgan fingerprint density at radius 3 is 2.95 bits per heavy atom. The monoisotopic (exact) mass is 317 g/mol. The van der Waals surface area contributed by atoms with Gasteiger partial charge < -0.3 is 10.1 Å². The average molecular weight is 317 g/mol. The van der Waals surface area contributed by atoms with Crippen molar-refractivity contribution < 1.29 is 14.3 Å². The number of nitrogens with one attached hydrogen (secondary N) is 1. The summed E-state index contributed by atoms with van der Waals surface area (Å²) in [7, 11) is 0. The quantitative estimate of drug-likeness (QED) is 0.942. The molecule has 1 aromatic heterocycles. The van der Waals surface area contributed by atoms with Crippen molar-refractivity contribution in [2.24, 2.45) is 0 Å². The van der Waals surface area contributed by atoms with Crippen LogP contribution in [0.3, 0.4) is 0 Å². The van der Waals surface area contributed by atoms with Crippen molar-refractivity contribution in [3.63, 3.8) is 0 Å². The Balaban J connectivity index is 1.78. The zero-order valence-corrected chi connectivity index (χ0v) is 13.0. The molecular formula is C15H15N3O3S. The molecule has 0 bridgehead atoms. The minimum atomic E-state index is -0.607. The van der Waals surface area contributed by atoms with Gasteiger partial charge in [-0.15, -0.1) is 11.3 Å². The van der Waals surface area contributed by atoms with Gasteiger partial charge in [0.25, 0.3) is 5.91 Å². The van der Waals surface area contributed by atoms with E-state index in [2.05, 4.69) is 10.3 Å². The van der Waals surface area contributed by atoms with Gasteiger partial charge in [0.05, 0.1) is 11.4 Å². The molecule has 0 fully saturated rings. The summed E-state index contributed by atoms with van der Waals surface area (Å²) in [6.07, 6.45) is -0.607. The number of fused-ring (bicyclic) bond motifs is 1. The Morgan fingerprint density at radius 1 is 1.45 bits per heavy atom. The number of hydrogen-bond acceptors (Lipinski definition) is 5. The van der Waals surface area contributed by atoms with Crippen LogP contribution in [0.1, 0.15) is 12.6 Å². The summed E-state index contributed by atoms with van der Waals surface area (Å²) in [6, 6.07) is 7.19. The highest BCUT2D eigenvalue weighted by atomic mass is 32.1. The maximum atomic E-state index is 12.3. The first kappa shape index (κ1) is 14.5. The van der Waals surface area contributed by atoms with Crippen molar-refractivity contribution in [3.8, 4) is 5.75 Å². The summed E-state index contributed by atoms with van der Waals surface area (Å²) in [5, 5.41) is 5.10. The number of para-hydroxylation sites is 2. The van der Waals surface area contributed by atoms with Gasteiger partial charge in [0.15, 0.2) is 11.2 Å². The highest BCUT2D eigenvalue weighted by Crippen LogP contribution is 2.33. The van der Waals surface area contributed by atoms with Crippen molar-refractivity contribution in [2.45, 2.75) is 20.0 Å². The second-order valence-electron chi connectivity index (χ2n) is 4.99. The zero-order chi connectivity index (χ0) is 15.7. The molecule has 0 radical (unpaired) electrons. The van der Waals surface area contributed by atoms with Crippen LogP contribution in [0, 0.1) is 6.92 Å². The molecule has 6 nitrogen and oxygen atoms in total. The predicted molar refractivity (Wildman–Crippen MR) is 84.4 cm³/mol. The van der Waals surface area contributed by atoms with Gasteiger partial charge >= 0.3 is 0 Å². The lowest BCUT2D eigenvalue weighted by molar-refractivity contribution is -0.127. The van der Waals surface area contributed by atoms with Gasteiger partial charge in [-0.05, 0) is 26.0 Å². The molecule has 1 aliphatic rings. The molecule has 0 saturated heterocycles. The Labute approximate surface area is 131 Å². The van der Waals surface area contributed by atoms with Crippen molar-refractivity contribution in [2.75, 3.05) is 16.8 Å². The van der Waals surface area contributed by atoms with Gasteiger partial charge in [0.2, 0.25) is 5.91 Å². The number of thiazole rings is 1. The Hall–Kier alpha value is -2.41. The van der Waals surface area contributed by atoms with E-state index >= 15 is 0 Å². The SMILES string of the molecule is Cc1csc(NC(=O)CN2C(=O)C(C)Oc3ccccc32)n1. The molecule has 1 atom stereocenters. The number of hydrogen-bond donors (Lipinski definition) is 1. The minimum absolute atomic E-state index is 0.0673. The van der Waals surface area contributed by atoms with E-state index in [1.807, 2.05) is 18.4 Å². The van der Waals surface area contributed by atoms with Crippen molar-refractivity contribution in [1.82, 2.24) is 4.98 Å². The van der Waals surface area contributed by atoms with Crippen LogP contribution < -0.4 is 15.0 Å². The number of aromatic nitrogens is 1. The molecule has 0 saturated carbocycles. The number of aryl methyl sites for hydroxylation is 1. The average Bonchev–Trinajstić information content (AvgIpc) is 2.89. The van der Waals surface area contributed by atoms with Gasteiger partial charge in [0, 0.05) is 5.38 Å². The molecule has 2 aromatic rings. The number of benzene rings is 1. The molecule has 2 amide bonds. The van der Waals surface area contributed by atoms with E-state index in [1.54, 1.807) is 25.1 Å². The van der Waals surface area contributed by atoms with Gasteiger partial charge in [0.1, 0.15) is 12.3 Å². The van der Waals surface area contributed by atoms with E-state index in [4.69, 9.17) is 4.74 Å². The number of nitrogens with zero attached hydrogens (tertiary/aromatic N) is 2. The zero-order valence-electron chi connectivity index (χ0n) is 12.2. The number of ether oxygens (including phenoxy) is 1. The highest BCUT2D eigenvalue weighted by Gasteiger charge is 2.32. The lowest BCUT2D eigenvalue weighted by Gasteiger charge is -2.32. The third kappa shape index (κ3) is 2.80. The van der Waals surface area contributed by atoms with Crippen LogP contribution >= 0.6 is 11.3 Å². The van der Waals surface area contributed by atoms with Crippen LogP contribution in [0.5, 0.6) is 5.75 Å². The molecular weight excluding hydrogens is 302 g/mol. The van der Waals surface area contributed by atoms with E-state index in [0.29, 0.717) is 16.6 Å². The summed E-state index contributed by atoms with van der Waals surface area (Å²) in [6.45, 7) is 3.46. The van der Waals surface area contributed by atoms with Crippen molar-refractivity contribution in [1.29, 1.82) is 0 Å². The molecule has 1 aromatic carbocycles. The van der Waals surface area contributed by atoms with Crippen LogP contribution in [-0.4, -0.2) is 29.4 Å². The van der Waals surface area contributed by atoms with E-state index in [9.17, 15) is 9.59 Å². The topological polar surface area (TPSA) is 71.5 Å². The maximum Gasteiger partial charge on any atom is 0.268 e. The fourth-order valence-corrected chi connectivity index (χ4v) is 2.94. The van der Waals surface area contributed by atoms with Gasteiger partial charge in [-0.2, -0.15) is 0 Å². The Morgan fingerprint density at radius 2 is 2.23 bits per heavy atom. The van der Waals surface area contributed by atoms with Crippen LogP contribution in [-0.2, 0) is 9.59 Å². The van der Waals surface area contributed by atoms with Gasteiger partial charge in [-0.25, -0.2) is 4.98 Å². The minimum Gasteiger partial charge on any atom is -0.479 e. The van der Waals surface area contributed by atoms with Crippen LogP contribution in [0.4, 0.5) is 10.8 Å². The van der Waals surface area contributed by atoms with Crippen molar-refractivity contribution >= 4 is 34.0 Å². The first-order valence-corrected chi connectivity index (χ1v) is 7.71. The second kappa shape index (κ2) is 5.76. The van der Waals surface area contributed by atoms with Gasteiger partial charge in [-0.1, -0.05) is 12.1 Å².